The van der Waals surface area contributed by atoms with Gasteiger partial charge < -0.3 is 0 Å². The van der Waals surface area contributed by atoms with Crippen molar-refractivity contribution in [3.8, 4) is 71.0 Å². The summed E-state index contributed by atoms with van der Waals surface area (Å²) in [6.07, 6.45) is 84.5. The van der Waals surface area contributed by atoms with Crippen LogP contribution in [0.25, 0.3) is 93.1 Å². The molecule has 8 aromatic heterocycles. The molecule has 134 heavy (non-hydrogen) atoms. The van der Waals surface area contributed by atoms with E-state index in [4.69, 9.17) is 17.5 Å². The number of aromatic nitrogens is 4. The maximum absolute atomic E-state index is 18.2. The first-order valence-corrected chi connectivity index (χ1v) is 63.0. The molecule has 0 N–H and O–H groups in total. The average molecular weight is 2120 g/mol. The van der Waals surface area contributed by atoms with Crippen molar-refractivity contribution in [3.05, 3.63) is 102 Å². The number of hydrogen-bond donors (Lipinski definition) is 0. The first-order chi connectivity index (χ1) is 65.8. The zero-order chi connectivity index (χ0) is 94.7. The Morgan fingerprint density at radius 3 is 0.612 bits per heavy atom. The molecule has 746 valence electrons. The van der Waals surface area contributed by atoms with Crippen LogP contribution in [0.15, 0.2) is 56.1 Å². The standard InChI is InChI=1S/C116H172Br2F4N4S8/c1-9-17-25-33-41-45-53-61-67-85(65-57-49-37-29-21-13-5)77-89-81-97(101-105(119)107(121)103(111-109(101)123-133-125-111)99-83-91(115(117)131-99)79-87(69-59-51-39-31-23-15-7)71-63-55-47-43-35-27-19-11-3)129-113(89)95-75-73-93(127-95)94-74-76-96(128-94)114-90(78-86(66-58-50-38-30-22-14-6)68-62-54-46-42-34-26-18-10-2)82-98(130-114)102-106(120)108(122)104(112-110(102)124-134-126-112)100-84-92(116(118)132-100)80-88(70-60-52-40-32-24-16-8)72-64-56-48-44-36-28-20-12-4/h73-76,81-88H,9-72,77-80H2,1-8H3. The summed E-state index contributed by atoms with van der Waals surface area (Å²) in [6, 6.07) is 17.8. The topological polar surface area (TPSA) is 51.6 Å². The molecule has 18 heteroatoms. The van der Waals surface area contributed by atoms with Gasteiger partial charge in [0.2, 0.25) is 0 Å². The molecule has 8 heterocycles. The number of nitrogens with zero attached hydrogens (tertiary/aromatic N) is 4. The summed E-state index contributed by atoms with van der Waals surface area (Å²) in [6.45, 7) is 18.3. The quantitative estimate of drug-likeness (QED) is 0.0282. The van der Waals surface area contributed by atoms with E-state index in [1.807, 2.05) is 0 Å². The molecule has 0 saturated carbocycles. The summed E-state index contributed by atoms with van der Waals surface area (Å²) in [5, 5.41) is 0. The van der Waals surface area contributed by atoms with Gasteiger partial charge in [0, 0.05) is 48.8 Å². The Morgan fingerprint density at radius 1 is 0.216 bits per heavy atom. The Hall–Kier alpha value is -3.04. The molecule has 0 spiro atoms. The molecule has 4 unspecified atom stereocenters. The van der Waals surface area contributed by atoms with Gasteiger partial charge in [0.25, 0.3) is 0 Å². The minimum Gasteiger partial charge on any atom is -0.203 e. The third kappa shape index (κ3) is 37.0. The van der Waals surface area contributed by atoms with Gasteiger partial charge >= 0.3 is 0 Å². The zero-order valence-electron chi connectivity index (χ0n) is 84.3. The van der Waals surface area contributed by atoms with Gasteiger partial charge in [-0.25, -0.2) is 17.6 Å². The number of benzene rings is 2. The number of fused-ring (bicyclic) bond motifs is 2. The second-order valence-electron chi connectivity index (χ2n) is 40.3. The van der Waals surface area contributed by atoms with Crippen LogP contribution in [-0.4, -0.2) is 17.5 Å². The Morgan fingerprint density at radius 2 is 0.396 bits per heavy atom. The van der Waals surface area contributed by atoms with Crippen molar-refractivity contribution >= 4 is 145 Å². The first kappa shape index (κ1) is 113. The Labute approximate surface area is 860 Å². The van der Waals surface area contributed by atoms with Gasteiger partial charge in [-0.05, 0) is 152 Å². The van der Waals surface area contributed by atoms with Gasteiger partial charge in [-0.3, -0.25) is 0 Å². The summed E-state index contributed by atoms with van der Waals surface area (Å²) in [4.78, 5) is 9.57. The van der Waals surface area contributed by atoms with Crippen LogP contribution >= 0.6 is 123 Å². The minimum atomic E-state index is -0.848. The van der Waals surface area contributed by atoms with E-state index in [0.29, 0.717) is 65.2 Å². The highest BCUT2D eigenvalue weighted by molar-refractivity contribution is 9.11. The normalized spacial score (nSPS) is 13.0. The second-order valence-corrected chi connectivity index (χ2v) is 50.4. The summed E-state index contributed by atoms with van der Waals surface area (Å²) >= 11 is 19.9. The number of thiophene rings is 6. The lowest BCUT2D eigenvalue weighted by Crippen LogP contribution is -2.05. The minimum absolute atomic E-state index is 0.220. The highest BCUT2D eigenvalue weighted by Crippen LogP contribution is 2.54. The van der Waals surface area contributed by atoms with Crippen LogP contribution in [0.2, 0.25) is 0 Å². The summed E-state index contributed by atoms with van der Waals surface area (Å²) < 4.78 is 94.1. The Bertz CT molecular complexity index is 4520. The van der Waals surface area contributed by atoms with Gasteiger partial charge in [0.05, 0.1) is 53.3 Å². The predicted molar refractivity (Wildman–Crippen MR) is 599 cm³/mol. The lowest BCUT2D eigenvalue weighted by molar-refractivity contribution is 0.400. The highest BCUT2D eigenvalue weighted by Gasteiger charge is 2.33. The van der Waals surface area contributed by atoms with Crippen molar-refractivity contribution in [2.75, 3.05) is 0 Å². The number of rotatable bonds is 79. The summed E-state index contributed by atoms with van der Waals surface area (Å²) in [5.74, 6) is -1.44. The molecule has 0 aliphatic carbocycles. The van der Waals surface area contributed by atoms with Crippen LogP contribution < -0.4 is 0 Å². The molecule has 0 aliphatic rings. The van der Waals surface area contributed by atoms with Crippen LogP contribution in [0.5, 0.6) is 0 Å². The molecule has 4 atom stereocenters. The third-order valence-electron chi connectivity index (χ3n) is 29.0. The Balaban J connectivity index is 1.01. The third-order valence-corrected chi connectivity index (χ3v) is 39.1. The predicted octanol–water partition coefficient (Wildman–Crippen LogP) is 45.6. The van der Waals surface area contributed by atoms with Crippen molar-refractivity contribution < 1.29 is 17.6 Å². The first-order valence-electron chi connectivity index (χ1n) is 55.1. The van der Waals surface area contributed by atoms with Crippen molar-refractivity contribution in [3.63, 3.8) is 0 Å². The fourth-order valence-corrected chi connectivity index (χ4v) is 30.4. The van der Waals surface area contributed by atoms with Crippen LogP contribution in [0.4, 0.5) is 17.6 Å². The van der Waals surface area contributed by atoms with E-state index < -0.39 is 23.3 Å². The van der Waals surface area contributed by atoms with E-state index in [1.165, 1.54) is 430 Å². The lowest BCUT2D eigenvalue weighted by atomic mass is 9.88. The summed E-state index contributed by atoms with van der Waals surface area (Å²) in [5.41, 5.74) is 7.39. The van der Waals surface area contributed by atoms with E-state index in [1.54, 1.807) is 45.3 Å². The molecule has 0 amide bonds. The molecule has 0 saturated heterocycles. The average Bonchev–Trinajstić information content (AvgIpc) is 1.58. The molecule has 4 nitrogen and oxygen atoms in total. The smallest absolute Gasteiger partial charge is 0.170 e. The number of hydrogen-bond acceptors (Lipinski definition) is 12. The molecule has 0 fully saturated rings. The van der Waals surface area contributed by atoms with Crippen molar-refractivity contribution in [2.24, 2.45) is 23.7 Å². The van der Waals surface area contributed by atoms with Crippen molar-refractivity contribution in [1.29, 1.82) is 0 Å². The van der Waals surface area contributed by atoms with Crippen LogP contribution in [0, 0.1) is 46.9 Å². The van der Waals surface area contributed by atoms with Gasteiger partial charge in [-0.2, -0.15) is 17.5 Å². The fourth-order valence-electron chi connectivity index (χ4n) is 20.9. The van der Waals surface area contributed by atoms with Crippen LogP contribution in [0.1, 0.15) is 489 Å². The molecule has 0 bridgehead atoms. The fraction of sp³-hybridized carbons (Fsp3) is 0.690. The molecule has 10 rings (SSSR count). The summed E-state index contributed by atoms with van der Waals surface area (Å²) in [7, 11) is 0. The highest BCUT2D eigenvalue weighted by atomic mass is 79.9. The van der Waals surface area contributed by atoms with Gasteiger partial charge in [-0.15, -0.1) is 68.0 Å². The molecule has 2 aromatic carbocycles. The maximum Gasteiger partial charge on any atom is 0.170 e. The molecule has 0 radical (unpaired) electrons. The zero-order valence-corrected chi connectivity index (χ0v) is 94.0. The van der Waals surface area contributed by atoms with E-state index in [0.717, 1.165) is 112 Å². The maximum atomic E-state index is 18.2. The SMILES string of the molecule is CCCCCCCCCCC(CCCCCCCC)Cc1cc(-c2c(F)c(F)c(-c3cc(CC(CCCCCCCC)CCCCCCCCCC)c(-c4ccc(-c5ccc(-c6sc(-c7c(F)c(F)c(-c8cc(CC(CCCCCCCC)CCCCCCCCCC)c(Br)s8)c8nsnc78)cc6CC(CCCCCCCC)CCCCCCCCCC)s5)s4)s3)c3nsnc23)sc1Br. The van der Waals surface area contributed by atoms with Crippen LogP contribution in [0.3, 0.4) is 0 Å². The van der Waals surface area contributed by atoms with Crippen molar-refractivity contribution in [1.82, 2.24) is 17.5 Å². The lowest BCUT2D eigenvalue weighted by Gasteiger charge is -2.17. The van der Waals surface area contributed by atoms with E-state index in [2.05, 4.69) is 136 Å². The van der Waals surface area contributed by atoms with E-state index in [-0.39, 0.29) is 22.3 Å². The monoisotopic (exact) mass is 2110 g/mol. The van der Waals surface area contributed by atoms with Crippen molar-refractivity contribution in [2.45, 2.75) is 492 Å². The van der Waals surface area contributed by atoms with Gasteiger partial charge in [0.1, 0.15) is 22.1 Å². The van der Waals surface area contributed by atoms with Gasteiger partial charge in [0.15, 0.2) is 23.3 Å². The van der Waals surface area contributed by atoms with E-state index in [9.17, 15) is 0 Å². The largest absolute Gasteiger partial charge is 0.203 e. The molecular weight excluding hydrogens is 1940 g/mol. The Kier molecular flexibility index (Phi) is 55.6. The van der Waals surface area contributed by atoms with Crippen LogP contribution in [-0.2, 0) is 25.7 Å². The molecular formula is C116H172Br2F4N4S8. The second kappa shape index (κ2) is 66.0. The van der Waals surface area contributed by atoms with E-state index >= 15 is 17.6 Å². The molecule has 0 aliphatic heterocycles. The molecule has 10 aromatic rings. The van der Waals surface area contributed by atoms with Gasteiger partial charge in [-0.1, -0.05) is 466 Å². The number of halogens is 6. The number of unbranched alkanes of at least 4 members (excludes halogenated alkanes) is 48.